The second kappa shape index (κ2) is 7.47. The Morgan fingerprint density at radius 3 is 2.81 bits per heavy atom. The first-order chi connectivity index (χ1) is 12.6. The highest BCUT2D eigenvalue weighted by Crippen LogP contribution is 2.36. The number of ether oxygens (including phenoxy) is 2. The summed E-state index contributed by atoms with van der Waals surface area (Å²) in [5.74, 6) is 0. The van der Waals surface area contributed by atoms with Crippen LogP contribution in [0.25, 0.3) is 0 Å². The Morgan fingerprint density at radius 2 is 2.00 bits per heavy atom. The van der Waals surface area contributed by atoms with Gasteiger partial charge in [-0.15, -0.1) is 0 Å². The quantitative estimate of drug-likeness (QED) is 0.823. The number of rotatable bonds is 5. The van der Waals surface area contributed by atoms with Crippen molar-refractivity contribution < 1.29 is 9.47 Å². The van der Waals surface area contributed by atoms with E-state index in [0.29, 0.717) is 6.61 Å². The molecule has 0 N–H and O–H groups in total. The fourth-order valence-corrected chi connectivity index (χ4v) is 4.14. The lowest BCUT2D eigenvalue weighted by molar-refractivity contribution is -0.200. The second-order valence-electron chi connectivity index (χ2n) is 7.80. The van der Waals surface area contributed by atoms with Crippen molar-refractivity contribution in [1.29, 1.82) is 0 Å². The van der Waals surface area contributed by atoms with E-state index in [9.17, 15) is 0 Å². The first-order valence-electron chi connectivity index (χ1n) is 9.57. The maximum Gasteiger partial charge on any atom is 0.0959 e. The zero-order chi connectivity index (χ0) is 18.0. The molecule has 0 radical (unpaired) electrons. The molecule has 2 aliphatic heterocycles. The van der Waals surface area contributed by atoms with Crippen molar-refractivity contribution in [3.8, 4) is 0 Å². The predicted octanol–water partition coefficient (Wildman–Crippen LogP) is 3.65. The van der Waals surface area contributed by atoms with Gasteiger partial charge in [-0.05, 0) is 43.5 Å². The van der Waals surface area contributed by atoms with Gasteiger partial charge in [-0.25, -0.2) is 0 Å². The minimum Gasteiger partial charge on any atom is -0.372 e. The molecule has 1 spiro atoms. The highest BCUT2D eigenvalue weighted by molar-refractivity contribution is 5.26. The number of benzene rings is 1. The van der Waals surface area contributed by atoms with Gasteiger partial charge in [0, 0.05) is 38.4 Å². The maximum absolute atomic E-state index is 6.17. The number of aryl methyl sites for hydroxylation is 2. The largest absolute Gasteiger partial charge is 0.372 e. The third-order valence-electron chi connectivity index (χ3n) is 5.54. The second-order valence-corrected chi connectivity index (χ2v) is 7.80. The smallest absolute Gasteiger partial charge is 0.0959 e. The van der Waals surface area contributed by atoms with Crippen molar-refractivity contribution in [2.24, 2.45) is 0 Å². The summed E-state index contributed by atoms with van der Waals surface area (Å²) in [5, 5.41) is 0. The predicted molar refractivity (Wildman–Crippen MR) is 102 cm³/mol. The molecule has 2 saturated heterocycles. The molecule has 0 unspecified atom stereocenters. The Bertz CT molecular complexity index is 755. The molecular weight excluding hydrogens is 324 g/mol. The fourth-order valence-electron chi connectivity index (χ4n) is 4.14. The minimum atomic E-state index is -0.00830. The molecule has 3 heterocycles. The van der Waals surface area contributed by atoms with Gasteiger partial charge in [0.05, 0.1) is 24.0 Å². The average Bonchev–Trinajstić information content (AvgIpc) is 2.61. The lowest BCUT2D eigenvalue weighted by Crippen LogP contribution is -2.65. The molecule has 0 bridgehead atoms. The number of nitrogens with zero attached hydrogens (tertiary/aromatic N) is 2. The van der Waals surface area contributed by atoms with Gasteiger partial charge in [0.2, 0.25) is 0 Å². The van der Waals surface area contributed by atoms with E-state index in [4.69, 9.17) is 9.47 Å². The Kier molecular flexibility index (Phi) is 5.07. The molecule has 4 rings (SSSR count). The third-order valence-corrected chi connectivity index (χ3v) is 5.54. The number of hydrogen-bond donors (Lipinski definition) is 0. The SMILES string of the molecule is Cc1cccc(CO[C@H]2CCOC3(C2)CN(Cc2ccccc2C)C3)n1. The maximum atomic E-state index is 6.17. The van der Waals surface area contributed by atoms with Crippen molar-refractivity contribution in [3.05, 3.63) is 65.0 Å². The molecule has 2 aromatic rings. The Morgan fingerprint density at radius 1 is 1.15 bits per heavy atom. The molecular formula is C22H28N2O2. The summed E-state index contributed by atoms with van der Waals surface area (Å²) in [4.78, 5) is 7.01. The summed E-state index contributed by atoms with van der Waals surface area (Å²) >= 11 is 0. The summed E-state index contributed by atoms with van der Waals surface area (Å²) in [6.45, 7) is 8.61. The standard InChI is InChI=1S/C22H28N2O2/c1-17-6-3-4-8-19(17)13-24-15-22(16-24)12-21(10-11-26-22)25-14-20-9-5-7-18(2)23-20/h3-9,21H,10-16H2,1-2H3/t21-/m0/s1. The van der Waals surface area contributed by atoms with Crippen molar-refractivity contribution in [2.45, 2.75) is 51.5 Å². The molecule has 2 aliphatic rings. The van der Waals surface area contributed by atoms with Gasteiger partial charge in [-0.3, -0.25) is 9.88 Å². The monoisotopic (exact) mass is 352 g/mol. The summed E-state index contributed by atoms with van der Waals surface area (Å²) < 4.78 is 12.3. The normalized spacial score (nSPS) is 22.3. The van der Waals surface area contributed by atoms with Gasteiger partial charge in [-0.2, -0.15) is 0 Å². The molecule has 4 nitrogen and oxygen atoms in total. The molecule has 0 amide bonds. The lowest BCUT2D eigenvalue weighted by atomic mass is 9.84. The Balaban J connectivity index is 1.28. The summed E-state index contributed by atoms with van der Waals surface area (Å²) in [7, 11) is 0. The van der Waals surface area contributed by atoms with Gasteiger partial charge in [0.1, 0.15) is 0 Å². The van der Waals surface area contributed by atoms with Crippen molar-refractivity contribution in [1.82, 2.24) is 9.88 Å². The molecule has 1 aromatic heterocycles. The van der Waals surface area contributed by atoms with Crippen LogP contribution in [0.5, 0.6) is 0 Å². The number of hydrogen-bond acceptors (Lipinski definition) is 4. The van der Waals surface area contributed by atoms with Crippen molar-refractivity contribution in [2.75, 3.05) is 19.7 Å². The van der Waals surface area contributed by atoms with Crippen LogP contribution in [0.15, 0.2) is 42.5 Å². The van der Waals surface area contributed by atoms with Gasteiger partial charge in [-0.1, -0.05) is 30.3 Å². The molecule has 0 aliphatic carbocycles. The number of pyridine rings is 1. The van der Waals surface area contributed by atoms with E-state index in [0.717, 1.165) is 50.5 Å². The fraction of sp³-hybridized carbons (Fsp3) is 0.500. The Hall–Kier alpha value is -1.75. The summed E-state index contributed by atoms with van der Waals surface area (Å²) in [6, 6.07) is 14.7. The third kappa shape index (κ3) is 3.98. The van der Waals surface area contributed by atoms with E-state index in [1.165, 1.54) is 11.1 Å². The van der Waals surface area contributed by atoms with E-state index in [1.54, 1.807) is 0 Å². The minimum absolute atomic E-state index is 0.00830. The molecule has 4 heteroatoms. The van der Waals surface area contributed by atoms with Crippen LogP contribution in [0.1, 0.15) is 35.4 Å². The first kappa shape index (κ1) is 17.7. The van der Waals surface area contributed by atoms with Gasteiger partial charge >= 0.3 is 0 Å². The molecule has 2 fully saturated rings. The molecule has 138 valence electrons. The van der Waals surface area contributed by atoms with Gasteiger partial charge < -0.3 is 9.47 Å². The van der Waals surface area contributed by atoms with Gasteiger partial charge in [0.25, 0.3) is 0 Å². The van der Waals surface area contributed by atoms with E-state index in [2.05, 4.69) is 41.1 Å². The van der Waals surface area contributed by atoms with Crippen LogP contribution in [0.4, 0.5) is 0 Å². The zero-order valence-corrected chi connectivity index (χ0v) is 15.8. The summed E-state index contributed by atoms with van der Waals surface area (Å²) in [5.41, 5.74) is 4.83. The van der Waals surface area contributed by atoms with Crippen LogP contribution < -0.4 is 0 Å². The molecule has 0 saturated carbocycles. The van der Waals surface area contributed by atoms with E-state index < -0.39 is 0 Å². The van der Waals surface area contributed by atoms with Crippen molar-refractivity contribution in [3.63, 3.8) is 0 Å². The van der Waals surface area contributed by atoms with E-state index in [1.807, 2.05) is 25.1 Å². The van der Waals surface area contributed by atoms with Crippen LogP contribution >= 0.6 is 0 Å². The Labute approximate surface area is 156 Å². The number of aromatic nitrogens is 1. The molecule has 1 atom stereocenters. The number of likely N-dealkylation sites (tertiary alicyclic amines) is 1. The summed E-state index contributed by atoms with van der Waals surface area (Å²) in [6.07, 6.45) is 2.24. The molecule has 26 heavy (non-hydrogen) atoms. The van der Waals surface area contributed by atoms with Crippen LogP contribution in [0.3, 0.4) is 0 Å². The van der Waals surface area contributed by atoms with E-state index >= 15 is 0 Å². The highest BCUT2D eigenvalue weighted by atomic mass is 16.5. The first-order valence-corrected chi connectivity index (χ1v) is 9.57. The van der Waals surface area contributed by atoms with Crippen LogP contribution in [0.2, 0.25) is 0 Å². The zero-order valence-electron chi connectivity index (χ0n) is 15.8. The average molecular weight is 352 g/mol. The topological polar surface area (TPSA) is 34.6 Å². The van der Waals surface area contributed by atoms with Crippen LogP contribution in [-0.2, 0) is 22.6 Å². The lowest BCUT2D eigenvalue weighted by Gasteiger charge is -2.53. The van der Waals surface area contributed by atoms with Crippen LogP contribution in [0, 0.1) is 13.8 Å². The van der Waals surface area contributed by atoms with Crippen molar-refractivity contribution >= 4 is 0 Å². The van der Waals surface area contributed by atoms with Crippen LogP contribution in [-0.4, -0.2) is 41.3 Å². The highest BCUT2D eigenvalue weighted by Gasteiger charge is 2.47. The molecule has 1 aromatic carbocycles. The van der Waals surface area contributed by atoms with E-state index in [-0.39, 0.29) is 11.7 Å². The van der Waals surface area contributed by atoms with Gasteiger partial charge in [0.15, 0.2) is 0 Å².